The van der Waals surface area contributed by atoms with Crippen LogP contribution in [0.4, 0.5) is 0 Å². The van der Waals surface area contributed by atoms with E-state index in [1.54, 1.807) is 0 Å². The van der Waals surface area contributed by atoms with E-state index in [2.05, 4.69) is 26.1 Å². The number of rotatable bonds is 6. The maximum absolute atomic E-state index is 11.4. The molecule has 1 aromatic carbocycles. The van der Waals surface area contributed by atoms with Crippen LogP contribution in [0.2, 0.25) is 5.02 Å². The van der Waals surface area contributed by atoms with E-state index in [1.165, 1.54) is 6.26 Å². The van der Waals surface area contributed by atoms with Crippen molar-refractivity contribution in [1.82, 2.24) is 5.32 Å². The molecule has 0 fully saturated rings. The Labute approximate surface area is 127 Å². The molecule has 1 atom stereocenters. The first-order chi connectivity index (χ1) is 9.07. The van der Waals surface area contributed by atoms with E-state index in [9.17, 15) is 8.42 Å². The van der Waals surface area contributed by atoms with Gasteiger partial charge in [0.2, 0.25) is 0 Å². The highest BCUT2D eigenvalue weighted by Gasteiger charge is 2.18. The molecule has 114 valence electrons. The summed E-state index contributed by atoms with van der Waals surface area (Å²) in [6.45, 7) is 7.02. The third-order valence-electron chi connectivity index (χ3n) is 3.04. The summed E-state index contributed by atoms with van der Waals surface area (Å²) in [5, 5.41) is 4.12. The van der Waals surface area contributed by atoms with Gasteiger partial charge in [-0.15, -0.1) is 0 Å². The Kier molecular flexibility index (Phi) is 6.05. The summed E-state index contributed by atoms with van der Waals surface area (Å²) in [6, 6.07) is 7.65. The normalized spacial score (nSPS) is 14.2. The Morgan fingerprint density at radius 1 is 1.30 bits per heavy atom. The van der Waals surface area contributed by atoms with Crippen molar-refractivity contribution < 1.29 is 8.42 Å². The molecule has 1 aromatic rings. The molecule has 0 aromatic heterocycles. The van der Waals surface area contributed by atoms with E-state index in [-0.39, 0.29) is 17.2 Å². The summed E-state index contributed by atoms with van der Waals surface area (Å²) in [5.74, 6) is 0.332. The quantitative estimate of drug-likeness (QED) is 0.876. The lowest BCUT2D eigenvalue weighted by atomic mass is 9.95. The van der Waals surface area contributed by atoms with Crippen LogP contribution in [-0.2, 0) is 9.84 Å². The average molecular weight is 318 g/mol. The van der Waals surface area contributed by atoms with Crippen molar-refractivity contribution in [1.29, 1.82) is 0 Å². The zero-order valence-corrected chi connectivity index (χ0v) is 14.2. The SMILES string of the molecule is CC(C)(C)NCC(CCS(C)(=O)=O)c1cccc(Cl)c1. The highest BCUT2D eigenvalue weighted by atomic mass is 35.5. The van der Waals surface area contributed by atoms with E-state index in [0.717, 1.165) is 12.1 Å². The molecule has 0 saturated heterocycles. The van der Waals surface area contributed by atoms with Gasteiger partial charge in [-0.3, -0.25) is 0 Å². The molecule has 1 N–H and O–H groups in total. The fourth-order valence-electron chi connectivity index (χ4n) is 1.93. The van der Waals surface area contributed by atoms with Gasteiger partial charge in [0.05, 0.1) is 5.75 Å². The topological polar surface area (TPSA) is 46.2 Å². The van der Waals surface area contributed by atoms with E-state index in [0.29, 0.717) is 11.4 Å². The molecule has 1 unspecified atom stereocenters. The van der Waals surface area contributed by atoms with Crippen LogP contribution in [0.25, 0.3) is 0 Å². The highest BCUT2D eigenvalue weighted by molar-refractivity contribution is 7.90. The molecule has 3 nitrogen and oxygen atoms in total. The van der Waals surface area contributed by atoms with Gasteiger partial charge in [0.25, 0.3) is 0 Å². The van der Waals surface area contributed by atoms with Gasteiger partial charge in [0.1, 0.15) is 9.84 Å². The molecule has 0 amide bonds. The van der Waals surface area contributed by atoms with Crippen molar-refractivity contribution in [2.45, 2.75) is 38.6 Å². The smallest absolute Gasteiger partial charge is 0.147 e. The first-order valence-electron chi connectivity index (χ1n) is 6.75. The van der Waals surface area contributed by atoms with Gasteiger partial charge in [-0.25, -0.2) is 8.42 Å². The first-order valence-corrected chi connectivity index (χ1v) is 9.19. The molecule has 1 rings (SSSR count). The minimum Gasteiger partial charge on any atom is -0.311 e. The van der Waals surface area contributed by atoms with Crippen molar-refractivity contribution in [3.05, 3.63) is 34.9 Å². The molecule has 0 aliphatic heterocycles. The monoisotopic (exact) mass is 317 g/mol. The van der Waals surface area contributed by atoms with E-state index >= 15 is 0 Å². The van der Waals surface area contributed by atoms with Gasteiger partial charge in [-0.1, -0.05) is 23.7 Å². The molecular weight excluding hydrogens is 294 g/mol. The lowest BCUT2D eigenvalue weighted by molar-refractivity contribution is 0.403. The minimum atomic E-state index is -2.95. The number of nitrogens with one attached hydrogen (secondary N) is 1. The van der Waals surface area contributed by atoms with Gasteiger partial charge >= 0.3 is 0 Å². The van der Waals surface area contributed by atoms with Crippen molar-refractivity contribution in [3.8, 4) is 0 Å². The van der Waals surface area contributed by atoms with Crippen molar-refractivity contribution in [3.63, 3.8) is 0 Å². The Morgan fingerprint density at radius 2 is 1.95 bits per heavy atom. The molecular formula is C15H24ClNO2S. The summed E-state index contributed by atoms with van der Waals surface area (Å²) in [4.78, 5) is 0. The zero-order valence-electron chi connectivity index (χ0n) is 12.6. The Morgan fingerprint density at radius 3 is 2.45 bits per heavy atom. The van der Waals surface area contributed by atoms with Gasteiger partial charge < -0.3 is 5.32 Å². The lowest BCUT2D eigenvalue weighted by Crippen LogP contribution is -2.38. The van der Waals surface area contributed by atoms with Gasteiger partial charge in [0, 0.05) is 23.4 Å². The van der Waals surface area contributed by atoms with Gasteiger partial charge in [0.15, 0.2) is 0 Å². The predicted octanol–water partition coefficient (Wildman–Crippen LogP) is 3.25. The van der Waals surface area contributed by atoms with E-state index in [1.807, 2.05) is 24.3 Å². The number of sulfone groups is 1. The molecule has 0 bridgehead atoms. The van der Waals surface area contributed by atoms with Crippen LogP contribution in [0.1, 0.15) is 38.7 Å². The third-order valence-corrected chi connectivity index (χ3v) is 4.25. The van der Waals surface area contributed by atoms with Crippen molar-refractivity contribution in [2.75, 3.05) is 18.6 Å². The van der Waals surface area contributed by atoms with Crippen molar-refractivity contribution in [2.24, 2.45) is 0 Å². The summed E-state index contributed by atoms with van der Waals surface area (Å²) >= 11 is 6.03. The molecule has 5 heteroatoms. The molecule has 0 spiro atoms. The van der Waals surface area contributed by atoms with E-state index in [4.69, 9.17) is 11.6 Å². The number of hydrogen-bond donors (Lipinski definition) is 1. The number of halogens is 1. The maximum Gasteiger partial charge on any atom is 0.147 e. The second-order valence-corrected chi connectivity index (χ2v) is 9.00. The summed E-state index contributed by atoms with van der Waals surface area (Å²) in [6.07, 6.45) is 1.88. The number of hydrogen-bond acceptors (Lipinski definition) is 3. The standard InChI is InChI=1S/C15H24ClNO2S/c1-15(2,3)17-11-13(8-9-20(4,18)19)12-6-5-7-14(16)10-12/h5-7,10,13,17H,8-9,11H2,1-4H3. The van der Waals surface area contributed by atoms with Crippen molar-refractivity contribution >= 4 is 21.4 Å². The van der Waals surface area contributed by atoms with Crippen LogP contribution < -0.4 is 5.32 Å². The van der Waals surface area contributed by atoms with Crippen LogP contribution in [0.15, 0.2) is 24.3 Å². The van der Waals surface area contributed by atoms with Crippen LogP contribution >= 0.6 is 11.6 Å². The van der Waals surface area contributed by atoms with E-state index < -0.39 is 9.84 Å². The Hall–Kier alpha value is -0.580. The molecule has 0 aliphatic rings. The number of benzene rings is 1. The molecule has 0 saturated carbocycles. The summed E-state index contributed by atoms with van der Waals surface area (Å²) in [7, 11) is -2.95. The first kappa shape index (κ1) is 17.5. The lowest BCUT2D eigenvalue weighted by Gasteiger charge is -2.25. The zero-order chi connectivity index (χ0) is 15.4. The highest BCUT2D eigenvalue weighted by Crippen LogP contribution is 2.23. The molecule has 20 heavy (non-hydrogen) atoms. The average Bonchev–Trinajstić information content (AvgIpc) is 2.26. The molecule has 0 heterocycles. The van der Waals surface area contributed by atoms with Crippen LogP contribution in [-0.4, -0.2) is 32.5 Å². The summed E-state index contributed by atoms with van der Waals surface area (Å²) in [5.41, 5.74) is 1.08. The van der Waals surface area contributed by atoms with Crippen LogP contribution in [0.3, 0.4) is 0 Å². The Balaban J connectivity index is 2.83. The molecule has 0 radical (unpaired) electrons. The fraction of sp³-hybridized carbons (Fsp3) is 0.600. The van der Waals surface area contributed by atoms with Crippen LogP contribution in [0.5, 0.6) is 0 Å². The predicted molar refractivity (Wildman–Crippen MR) is 86.3 cm³/mol. The van der Waals surface area contributed by atoms with Crippen LogP contribution in [0, 0.1) is 0 Å². The second kappa shape index (κ2) is 6.92. The molecule has 0 aliphatic carbocycles. The Bertz CT molecular complexity index is 535. The third kappa shape index (κ3) is 7.27. The maximum atomic E-state index is 11.4. The fourth-order valence-corrected chi connectivity index (χ4v) is 2.84. The second-order valence-electron chi connectivity index (χ2n) is 6.30. The van der Waals surface area contributed by atoms with Gasteiger partial charge in [-0.05, 0) is 50.8 Å². The largest absolute Gasteiger partial charge is 0.311 e. The minimum absolute atomic E-state index is 0.00190. The van der Waals surface area contributed by atoms with Gasteiger partial charge in [-0.2, -0.15) is 0 Å². The summed E-state index contributed by atoms with van der Waals surface area (Å²) < 4.78 is 22.8.